The Kier molecular flexibility index (Phi) is 4.76. The van der Waals surface area contributed by atoms with E-state index in [1.165, 1.54) is 42.7 Å². The SMILES string of the molecule is O=C(C=Cc1ccccc1F)NNC(=O)c1ccncc1. The molecule has 5 nitrogen and oxygen atoms in total. The Morgan fingerprint density at radius 3 is 2.48 bits per heavy atom. The Balaban J connectivity index is 1.88. The van der Waals surface area contributed by atoms with Crippen LogP contribution >= 0.6 is 0 Å². The van der Waals surface area contributed by atoms with Crippen LogP contribution in [0, 0.1) is 5.82 Å². The minimum Gasteiger partial charge on any atom is -0.268 e. The van der Waals surface area contributed by atoms with E-state index >= 15 is 0 Å². The number of amides is 2. The van der Waals surface area contributed by atoms with Crippen LogP contribution < -0.4 is 10.9 Å². The maximum atomic E-state index is 13.3. The minimum atomic E-state index is -0.569. The van der Waals surface area contributed by atoms with Crippen molar-refractivity contribution in [3.63, 3.8) is 0 Å². The van der Waals surface area contributed by atoms with E-state index in [2.05, 4.69) is 15.8 Å². The molecule has 2 amide bonds. The molecule has 1 aromatic heterocycles. The highest BCUT2D eigenvalue weighted by molar-refractivity contribution is 5.97. The Labute approximate surface area is 120 Å². The molecule has 6 heteroatoms. The van der Waals surface area contributed by atoms with Crippen molar-refractivity contribution in [1.29, 1.82) is 0 Å². The molecule has 0 saturated carbocycles. The summed E-state index contributed by atoms with van der Waals surface area (Å²) >= 11 is 0. The number of nitrogens with one attached hydrogen (secondary N) is 2. The number of benzene rings is 1. The van der Waals surface area contributed by atoms with Gasteiger partial charge in [-0.05, 0) is 24.3 Å². The molecule has 0 spiro atoms. The van der Waals surface area contributed by atoms with Crippen LogP contribution in [0.2, 0.25) is 0 Å². The third-order valence-electron chi connectivity index (χ3n) is 2.56. The van der Waals surface area contributed by atoms with Crippen LogP contribution in [0.3, 0.4) is 0 Å². The van der Waals surface area contributed by atoms with Gasteiger partial charge < -0.3 is 0 Å². The van der Waals surface area contributed by atoms with Crippen molar-refractivity contribution in [3.05, 3.63) is 71.8 Å². The van der Waals surface area contributed by atoms with Crippen LogP contribution in [-0.2, 0) is 4.79 Å². The lowest BCUT2D eigenvalue weighted by Gasteiger charge is -2.04. The smallest absolute Gasteiger partial charge is 0.268 e. The van der Waals surface area contributed by atoms with Crippen molar-refractivity contribution in [2.45, 2.75) is 0 Å². The number of hydrogen-bond donors (Lipinski definition) is 2. The van der Waals surface area contributed by atoms with Gasteiger partial charge in [0.1, 0.15) is 5.82 Å². The number of carbonyl (C=O) groups excluding carboxylic acids is 2. The first-order chi connectivity index (χ1) is 10.2. The summed E-state index contributed by atoms with van der Waals surface area (Å²) < 4.78 is 13.3. The lowest BCUT2D eigenvalue weighted by atomic mass is 10.2. The Bertz CT molecular complexity index is 672. The highest BCUT2D eigenvalue weighted by Gasteiger charge is 2.05. The fourth-order valence-corrected chi connectivity index (χ4v) is 1.51. The maximum Gasteiger partial charge on any atom is 0.269 e. The average Bonchev–Trinajstić information content (AvgIpc) is 2.52. The van der Waals surface area contributed by atoms with Crippen LogP contribution in [0.1, 0.15) is 15.9 Å². The van der Waals surface area contributed by atoms with Gasteiger partial charge in [-0.1, -0.05) is 18.2 Å². The van der Waals surface area contributed by atoms with Gasteiger partial charge in [0.05, 0.1) is 0 Å². The van der Waals surface area contributed by atoms with Crippen molar-refractivity contribution >= 4 is 17.9 Å². The Hall–Kier alpha value is -3.02. The first-order valence-corrected chi connectivity index (χ1v) is 6.10. The molecule has 2 rings (SSSR count). The molecule has 0 saturated heterocycles. The van der Waals surface area contributed by atoms with Gasteiger partial charge in [0, 0.05) is 29.6 Å². The number of carbonyl (C=O) groups is 2. The molecule has 0 unspecified atom stereocenters. The summed E-state index contributed by atoms with van der Waals surface area (Å²) in [6.07, 6.45) is 5.39. The van der Waals surface area contributed by atoms with E-state index < -0.39 is 17.6 Å². The van der Waals surface area contributed by atoms with Crippen LogP contribution in [0.5, 0.6) is 0 Å². The van der Waals surface area contributed by atoms with E-state index in [1.54, 1.807) is 12.1 Å². The summed E-state index contributed by atoms with van der Waals surface area (Å²) in [5, 5.41) is 0. The van der Waals surface area contributed by atoms with Gasteiger partial charge in [-0.15, -0.1) is 0 Å². The number of nitrogens with zero attached hydrogens (tertiary/aromatic N) is 1. The van der Waals surface area contributed by atoms with Gasteiger partial charge in [0.2, 0.25) is 0 Å². The summed E-state index contributed by atoms with van der Waals surface area (Å²) in [6, 6.07) is 9.07. The standard InChI is InChI=1S/C15H12FN3O2/c16-13-4-2-1-3-11(13)5-6-14(20)18-19-15(21)12-7-9-17-10-8-12/h1-10H,(H,18,20)(H,19,21). The highest BCUT2D eigenvalue weighted by Crippen LogP contribution is 2.07. The van der Waals surface area contributed by atoms with E-state index in [0.29, 0.717) is 5.56 Å². The van der Waals surface area contributed by atoms with Gasteiger partial charge in [0.15, 0.2) is 0 Å². The normalized spacial score (nSPS) is 10.3. The number of aromatic nitrogens is 1. The quantitative estimate of drug-likeness (QED) is 0.666. The molecule has 0 fully saturated rings. The van der Waals surface area contributed by atoms with Crippen LogP contribution in [-0.4, -0.2) is 16.8 Å². The van der Waals surface area contributed by atoms with Crippen molar-refractivity contribution in [2.75, 3.05) is 0 Å². The molecule has 0 aliphatic rings. The number of hydrazine groups is 1. The average molecular weight is 285 g/mol. The lowest BCUT2D eigenvalue weighted by molar-refractivity contribution is -0.117. The zero-order valence-corrected chi connectivity index (χ0v) is 10.9. The second kappa shape index (κ2) is 6.95. The van der Waals surface area contributed by atoms with E-state index in [-0.39, 0.29) is 5.56 Å². The summed E-state index contributed by atoms with van der Waals surface area (Å²) in [5.74, 6) is -1.46. The van der Waals surface area contributed by atoms with Crippen molar-refractivity contribution < 1.29 is 14.0 Å². The number of pyridine rings is 1. The van der Waals surface area contributed by atoms with Gasteiger partial charge in [0.25, 0.3) is 11.8 Å². The monoisotopic (exact) mass is 285 g/mol. The third kappa shape index (κ3) is 4.24. The first kappa shape index (κ1) is 14.4. The second-order valence-corrected chi connectivity index (χ2v) is 4.03. The number of rotatable bonds is 3. The van der Waals surface area contributed by atoms with Gasteiger partial charge in [-0.3, -0.25) is 25.4 Å². The number of halogens is 1. The zero-order valence-electron chi connectivity index (χ0n) is 10.9. The first-order valence-electron chi connectivity index (χ1n) is 6.10. The molecule has 0 aliphatic carbocycles. The number of hydrogen-bond acceptors (Lipinski definition) is 3. The van der Waals surface area contributed by atoms with E-state index in [0.717, 1.165) is 6.08 Å². The molecule has 1 aromatic carbocycles. The molecule has 21 heavy (non-hydrogen) atoms. The molecular weight excluding hydrogens is 273 g/mol. The molecule has 0 bridgehead atoms. The van der Waals surface area contributed by atoms with E-state index in [4.69, 9.17) is 0 Å². The topological polar surface area (TPSA) is 71.1 Å². The fourth-order valence-electron chi connectivity index (χ4n) is 1.51. The lowest BCUT2D eigenvalue weighted by Crippen LogP contribution is -2.40. The summed E-state index contributed by atoms with van der Waals surface area (Å²) in [4.78, 5) is 26.9. The van der Waals surface area contributed by atoms with Gasteiger partial charge in [-0.25, -0.2) is 4.39 Å². The highest BCUT2D eigenvalue weighted by atomic mass is 19.1. The molecule has 2 aromatic rings. The van der Waals surface area contributed by atoms with Crippen LogP contribution in [0.4, 0.5) is 4.39 Å². The molecule has 0 aliphatic heterocycles. The molecule has 2 N–H and O–H groups in total. The maximum absolute atomic E-state index is 13.3. The third-order valence-corrected chi connectivity index (χ3v) is 2.56. The molecule has 106 valence electrons. The van der Waals surface area contributed by atoms with E-state index in [9.17, 15) is 14.0 Å². The predicted octanol–water partition coefficient (Wildman–Crippen LogP) is 1.70. The fraction of sp³-hybridized carbons (Fsp3) is 0. The van der Waals surface area contributed by atoms with Gasteiger partial charge >= 0.3 is 0 Å². The van der Waals surface area contributed by atoms with Crippen LogP contribution in [0.25, 0.3) is 6.08 Å². The molecule has 0 radical (unpaired) electrons. The zero-order chi connectivity index (χ0) is 15.1. The molecular formula is C15H12FN3O2. The van der Waals surface area contributed by atoms with Crippen LogP contribution in [0.15, 0.2) is 54.9 Å². The summed E-state index contributed by atoms with van der Waals surface area (Å²) in [5.41, 5.74) is 5.09. The Morgan fingerprint density at radius 1 is 1.05 bits per heavy atom. The predicted molar refractivity (Wildman–Crippen MR) is 75.3 cm³/mol. The molecule has 0 atom stereocenters. The molecule has 1 heterocycles. The summed E-state index contributed by atoms with van der Waals surface area (Å²) in [6.45, 7) is 0. The van der Waals surface area contributed by atoms with Gasteiger partial charge in [-0.2, -0.15) is 0 Å². The second-order valence-electron chi connectivity index (χ2n) is 4.03. The van der Waals surface area contributed by atoms with Crippen molar-refractivity contribution in [1.82, 2.24) is 15.8 Å². The Morgan fingerprint density at radius 2 is 1.76 bits per heavy atom. The van der Waals surface area contributed by atoms with Crippen molar-refractivity contribution in [2.24, 2.45) is 0 Å². The van der Waals surface area contributed by atoms with E-state index in [1.807, 2.05) is 0 Å². The van der Waals surface area contributed by atoms with Crippen molar-refractivity contribution in [3.8, 4) is 0 Å². The minimum absolute atomic E-state index is 0.285. The largest absolute Gasteiger partial charge is 0.269 e. The summed E-state index contributed by atoms with van der Waals surface area (Å²) in [7, 11) is 0.